The van der Waals surface area contributed by atoms with Gasteiger partial charge in [-0.3, -0.25) is 14.6 Å². The fraction of sp³-hybridized carbons (Fsp3) is 0.433. The van der Waals surface area contributed by atoms with Gasteiger partial charge in [-0.2, -0.15) is 0 Å². The molecule has 1 unspecified atom stereocenters. The number of nitrogens with one attached hydrogen (secondary N) is 1. The zero-order valence-corrected chi connectivity index (χ0v) is 23.6. The van der Waals surface area contributed by atoms with Gasteiger partial charge in [0.15, 0.2) is 5.69 Å². The van der Waals surface area contributed by atoms with Crippen molar-refractivity contribution in [3.05, 3.63) is 72.3 Å². The van der Waals surface area contributed by atoms with Gasteiger partial charge >= 0.3 is 0 Å². The summed E-state index contributed by atoms with van der Waals surface area (Å²) >= 11 is 0. The number of likely N-dealkylation sites (N-methyl/N-ethyl adjacent to an activating group) is 1. The first kappa shape index (κ1) is 28.0. The predicted molar refractivity (Wildman–Crippen MR) is 153 cm³/mol. The Labute approximate surface area is 230 Å². The van der Waals surface area contributed by atoms with Crippen molar-refractivity contribution in [1.29, 1.82) is 0 Å². The quantitative estimate of drug-likeness (QED) is 0.458. The van der Waals surface area contributed by atoms with Gasteiger partial charge in [-0.25, -0.2) is 4.68 Å². The summed E-state index contributed by atoms with van der Waals surface area (Å²) in [5, 5.41) is 11.1. The van der Waals surface area contributed by atoms with Gasteiger partial charge in [0.05, 0.1) is 23.6 Å². The molecule has 0 aliphatic carbocycles. The lowest BCUT2D eigenvalue weighted by Crippen LogP contribution is -2.43. The molecule has 9 heteroatoms. The van der Waals surface area contributed by atoms with Crippen LogP contribution in [-0.4, -0.2) is 62.9 Å². The van der Waals surface area contributed by atoms with Crippen LogP contribution in [0.15, 0.2) is 55.5 Å². The van der Waals surface area contributed by atoms with E-state index in [2.05, 4.69) is 57.2 Å². The Hall–Kier alpha value is -4.01. The van der Waals surface area contributed by atoms with Crippen LogP contribution in [0.5, 0.6) is 0 Å². The molecule has 3 aromatic rings. The molecular weight excluding hydrogens is 490 g/mol. The molecule has 0 radical (unpaired) electrons. The van der Waals surface area contributed by atoms with Crippen LogP contribution >= 0.6 is 0 Å². The van der Waals surface area contributed by atoms with E-state index in [1.54, 1.807) is 15.8 Å². The Kier molecular flexibility index (Phi) is 8.47. The summed E-state index contributed by atoms with van der Waals surface area (Å²) in [5.41, 5.74) is 5.43. The lowest BCUT2D eigenvalue weighted by Gasteiger charge is -2.32. The molecule has 3 heterocycles. The van der Waals surface area contributed by atoms with Gasteiger partial charge in [-0.15, -0.1) is 5.10 Å². The van der Waals surface area contributed by atoms with Gasteiger partial charge in [0.2, 0.25) is 5.91 Å². The van der Waals surface area contributed by atoms with E-state index >= 15 is 0 Å². The summed E-state index contributed by atoms with van der Waals surface area (Å²) in [7, 11) is 1.86. The molecule has 1 saturated heterocycles. The Morgan fingerprint density at radius 1 is 1.23 bits per heavy atom. The maximum absolute atomic E-state index is 12.7. The van der Waals surface area contributed by atoms with Crippen molar-refractivity contribution in [2.75, 3.05) is 25.0 Å². The summed E-state index contributed by atoms with van der Waals surface area (Å²) < 4.78 is 1.69. The number of hydrogen-bond acceptors (Lipinski definition) is 6. The fourth-order valence-electron chi connectivity index (χ4n) is 4.88. The Morgan fingerprint density at radius 2 is 2.03 bits per heavy atom. The summed E-state index contributed by atoms with van der Waals surface area (Å²) in [4.78, 5) is 33.5. The zero-order chi connectivity index (χ0) is 28.2. The summed E-state index contributed by atoms with van der Waals surface area (Å²) in [5.74, 6) is -0.300. The number of carbonyl (C=O) groups excluding carboxylic acids is 2. The van der Waals surface area contributed by atoms with E-state index in [-0.39, 0.29) is 23.4 Å². The second-order valence-electron chi connectivity index (χ2n) is 11.2. The highest BCUT2D eigenvalue weighted by molar-refractivity contribution is 5.91. The largest absolute Gasteiger partial charge is 0.368 e. The topological polar surface area (TPSA) is 96.2 Å². The van der Waals surface area contributed by atoms with Gasteiger partial charge in [0.25, 0.3) is 5.91 Å². The molecule has 1 atom stereocenters. The smallest absolute Gasteiger partial charge is 0.273 e. The number of aryl methyl sites for hydroxylation is 1. The van der Waals surface area contributed by atoms with E-state index < -0.39 is 0 Å². The van der Waals surface area contributed by atoms with Crippen LogP contribution in [-0.2, 0) is 16.9 Å². The third kappa shape index (κ3) is 6.53. The molecule has 0 saturated carbocycles. The van der Waals surface area contributed by atoms with Gasteiger partial charge < -0.3 is 15.1 Å². The van der Waals surface area contributed by atoms with Crippen LogP contribution in [0, 0.1) is 6.92 Å². The molecule has 1 aliphatic rings. The molecule has 206 valence electrons. The van der Waals surface area contributed by atoms with Crippen molar-refractivity contribution in [3.63, 3.8) is 0 Å². The second kappa shape index (κ2) is 11.8. The Bertz CT molecular complexity index is 1340. The number of rotatable bonds is 7. The molecule has 1 aromatic carbocycles. The van der Waals surface area contributed by atoms with E-state index in [0.717, 1.165) is 60.3 Å². The number of amides is 2. The van der Waals surface area contributed by atoms with E-state index in [9.17, 15) is 9.59 Å². The van der Waals surface area contributed by atoms with Crippen molar-refractivity contribution < 1.29 is 9.59 Å². The van der Waals surface area contributed by atoms with Crippen LogP contribution in [0.3, 0.4) is 0 Å². The van der Waals surface area contributed by atoms with Gasteiger partial charge in [-0.1, -0.05) is 30.0 Å². The van der Waals surface area contributed by atoms with Crippen molar-refractivity contribution in [2.24, 2.45) is 0 Å². The lowest BCUT2D eigenvalue weighted by molar-refractivity contribution is -0.126. The zero-order valence-electron chi connectivity index (χ0n) is 23.6. The Morgan fingerprint density at radius 3 is 2.72 bits per heavy atom. The number of anilines is 1. The molecular formula is C30H39N7O2. The highest BCUT2D eigenvalue weighted by atomic mass is 16.2. The van der Waals surface area contributed by atoms with Gasteiger partial charge in [0, 0.05) is 44.5 Å². The molecule has 1 N–H and O–H groups in total. The number of carbonyl (C=O) groups is 2. The highest BCUT2D eigenvalue weighted by Crippen LogP contribution is 2.33. The van der Waals surface area contributed by atoms with Crippen molar-refractivity contribution in [1.82, 2.24) is 30.2 Å². The molecule has 4 rings (SSSR count). The summed E-state index contributed by atoms with van der Waals surface area (Å²) in [6.07, 6.45) is 9.88. The standard InChI is InChI=1S/C30H39N7O2/c1-7-28(38)35(6)24-10-8-9-15-36(19-24)27-18-31-14-13-25(27)22-11-12-23(21(2)16-22)17-32-29(39)26-20-37(34-33-26)30(3,4)5/h7,11-14,16,18,20,24H,1,8-10,15,17,19H2,2-6H3,(H,32,39). The normalized spacial score (nSPS) is 15.9. The van der Waals surface area contributed by atoms with E-state index in [1.165, 1.54) is 6.08 Å². The molecule has 9 nitrogen and oxygen atoms in total. The van der Waals surface area contributed by atoms with E-state index in [0.29, 0.717) is 12.2 Å². The van der Waals surface area contributed by atoms with Gasteiger partial charge in [-0.05, 0) is 75.8 Å². The number of aromatic nitrogens is 4. The minimum absolute atomic E-state index is 0.0506. The SMILES string of the molecule is C=CC(=O)N(C)C1CCCCN(c2cnccc2-c2ccc(CNC(=O)c3cn(C(C)(C)C)nn3)c(C)c2)C1. The molecule has 39 heavy (non-hydrogen) atoms. The molecule has 1 aliphatic heterocycles. The lowest BCUT2D eigenvalue weighted by atomic mass is 9.99. The predicted octanol–water partition coefficient (Wildman–Crippen LogP) is 4.34. The monoisotopic (exact) mass is 529 g/mol. The molecule has 0 spiro atoms. The molecule has 2 amide bonds. The maximum atomic E-state index is 12.7. The van der Waals surface area contributed by atoms with Crippen LogP contribution in [0.4, 0.5) is 5.69 Å². The maximum Gasteiger partial charge on any atom is 0.273 e. The second-order valence-corrected chi connectivity index (χ2v) is 11.2. The summed E-state index contributed by atoms with van der Waals surface area (Å²) in [6, 6.07) is 8.46. The fourth-order valence-corrected chi connectivity index (χ4v) is 4.88. The number of pyridine rings is 1. The van der Waals surface area contributed by atoms with E-state index in [4.69, 9.17) is 0 Å². The third-order valence-corrected chi connectivity index (χ3v) is 7.36. The van der Waals surface area contributed by atoms with Crippen molar-refractivity contribution >= 4 is 17.5 Å². The highest BCUT2D eigenvalue weighted by Gasteiger charge is 2.25. The first-order valence-electron chi connectivity index (χ1n) is 13.5. The molecule has 1 fully saturated rings. The van der Waals surface area contributed by atoms with Crippen LogP contribution < -0.4 is 10.2 Å². The average Bonchev–Trinajstić information content (AvgIpc) is 3.31. The van der Waals surface area contributed by atoms with Crippen LogP contribution in [0.1, 0.15) is 61.6 Å². The summed E-state index contributed by atoms with van der Waals surface area (Å²) in [6.45, 7) is 13.8. The van der Waals surface area contributed by atoms with Gasteiger partial charge in [0.1, 0.15) is 0 Å². The Balaban J connectivity index is 1.50. The first-order chi connectivity index (χ1) is 18.6. The number of nitrogens with zero attached hydrogens (tertiary/aromatic N) is 6. The minimum atomic E-state index is -0.249. The van der Waals surface area contributed by atoms with Crippen LogP contribution in [0.25, 0.3) is 11.1 Å². The van der Waals surface area contributed by atoms with E-state index in [1.807, 2.05) is 46.3 Å². The molecule has 2 aromatic heterocycles. The minimum Gasteiger partial charge on any atom is -0.368 e. The number of benzene rings is 1. The first-order valence-corrected chi connectivity index (χ1v) is 13.5. The number of hydrogen-bond donors (Lipinski definition) is 1. The average molecular weight is 530 g/mol. The molecule has 0 bridgehead atoms. The van der Waals surface area contributed by atoms with Crippen LogP contribution in [0.2, 0.25) is 0 Å². The van der Waals surface area contributed by atoms with Crippen molar-refractivity contribution in [2.45, 2.75) is 65.1 Å². The van der Waals surface area contributed by atoms with Crippen molar-refractivity contribution in [3.8, 4) is 11.1 Å². The third-order valence-electron chi connectivity index (χ3n) is 7.36.